The smallest absolute Gasteiger partial charge is 0.0575 e. The molecule has 15 heavy (non-hydrogen) atoms. The van der Waals surface area contributed by atoms with E-state index in [1.165, 1.54) is 37.7 Å². The topological polar surface area (TPSA) is 9.23 Å². The van der Waals surface area contributed by atoms with E-state index in [9.17, 15) is 0 Å². The summed E-state index contributed by atoms with van der Waals surface area (Å²) < 4.78 is 5.84. The maximum atomic E-state index is 5.84. The predicted octanol–water partition coefficient (Wildman–Crippen LogP) is 4.02. The molecule has 1 nitrogen and oxygen atoms in total. The summed E-state index contributed by atoms with van der Waals surface area (Å²) in [5, 5.41) is 0. The zero-order valence-corrected chi connectivity index (χ0v) is 9.58. The summed E-state index contributed by atoms with van der Waals surface area (Å²) in [4.78, 5) is 0. The van der Waals surface area contributed by atoms with Crippen LogP contribution in [-0.2, 0) is 4.74 Å². The molecule has 1 heteroatoms. The Labute approximate surface area is 93.5 Å². The highest BCUT2D eigenvalue weighted by Crippen LogP contribution is 2.20. The third-order valence-corrected chi connectivity index (χ3v) is 2.89. The Morgan fingerprint density at radius 2 is 1.93 bits per heavy atom. The van der Waals surface area contributed by atoms with Crippen LogP contribution in [0.5, 0.6) is 0 Å². The van der Waals surface area contributed by atoms with E-state index in [4.69, 9.17) is 4.74 Å². The van der Waals surface area contributed by atoms with Gasteiger partial charge in [0.1, 0.15) is 0 Å². The normalized spacial score (nSPS) is 18.8. The molecule has 0 unspecified atom stereocenters. The van der Waals surface area contributed by atoms with Gasteiger partial charge in [0.2, 0.25) is 0 Å². The van der Waals surface area contributed by atoms with Crippen molar-refractivity contribution in [3.8, 4) is 0 Å². The van der Waals surface area contributed by atoms with E-state index in [1.54, 1.807) is 6.08 Å². The van der Waals surface area contributed by atoms with E-state index in [0.717, 1.165) is 13.0 Å². The van der Waals surface area contributed by atoms with Gasteiger partial charge in [0, 0.05) is 0 Å². The van der Waals surface area contributed by atoms with Crippen LogP contribution in [0, 0.1) is 0 Å². The summed E-state index contributed by atoms with van der Waals surface area (Å²) in [7, 11) is 0. The number of allylic oxidation sites excluding steroid dienone is 3. The van der Waals surface area contributed by atoms with Crippen LogP contribution < -0.4 is 0 Å². The van der Waals surface area contributed by atoms with Crippen molar-refractivity contribution in [2.45, 2.75) is 44.6 Å². The molecule has 0 amide bonds. The Morgan fingerprint density at radius 3 is 2.53 bits per heavy atom. The molecule has 0 aromatic heterocycles. The fourth-order valence-corrected chi connectivity index (χ4v) is 1.98. The molecule has 0 aromatic carbocycles. The largest absolute Gasteiger partial charge is 0.378 e. The van der Waals surface area contributed by atoms with Crippen LogP contribution in [0.25, 0.3) is 0 Å². The Morgan fingerprint density at radius 1 is 1.20 bits per heavy atom. The molecule has 0 atom stereocenters. The van der Waals surface area contributed by atoms with Crippen LogP contribution in [-0.4, -0.2) is 12.7 Å². The van der Waals surface area contributed by atoms with Gasteiger partial charge in [-0.2, -0.15) is 0 Å². The van der Waals surface area contributed by atoms with E-state index in [-0.39, 0.29) is 0 Å². The lowest BCUT2D eigenvalue weighted by Crippen LogP contribution is -2.17. The SMILES string of the molecule is C=C/C=C(\C=C)CCOC1CCCCC1. The summed E-state index contributed by atoms with van der Waals surface area (Å²) in [6.45, 7) is 8.27. The first-order chi connectivity index (χ1) is 7.36. The molecular formula is C14H22O. The highest BCUT2D eigenvalue weighted by molar-refractivity contribution is 5.20. The monoisotopic (exact) mass is 206 g/mol. The minimum Gasteiger partial charge on any atom is -0.378 e. The van der Waals surface area contributed by atoms with Crippen LogP contribution in [0.2, 0.25) is 0 Å². The molecule has 1 aliphatic rings. The Kier molecular flexibility index (Phi) is 6.10. The third kappa shape index (κ3) is 4.98. The van der Waals surface area contributed by atoms with E-state index in [1.807, 2.05) is 12.2 Å². The van der Waals surface area contributed by atoms with Gasteiger partial charge in [-0.3, -0.25) is 0 Å². The van der Waals surface area contributed by atoms with Crippen LogP contribution >= 0.6 is 0 Å². The average molecular weight is 206 g/mol. The van der Waals surface area contributed by atoms with E-state index >= 15 is 0 Å². The minimum absolute atomic E-state index is 0.508. The minimum atomic E-state index is 0.508. The molecule has 0 saturated heterocycles. The van der Waals surface area contributed by atoms with Crippen LogP contribution in [0.4, 0.5) is 0 Å². The van der Waals surface area contributed by atoms with Crippen molar-refractivity contribution in [2.24, 2.45) is 0 Å². The highest BCUT2D eigenvalue weighted by atomic mass is 16.5. The van der Waals surface area contributed by atoms with Crippen molar-refractivity contribution < 1.29 is 4.74 Å². The van der Waals surface area contributed by atoms with Gasteiger partial charge >= 0.3 is 0 Å². The van der Waals surface area contributed by atoms with E-state index in [2.05, 4.69) is 13.2 Å². The molecule has 1 saturated carbocycles. The van der Waals surface area contributed by atoms with Crippen molar-refractivity contribution in [3.05, 3.63) is 37.0 Å². The Hall–Kier alpha value is -0.820. The van der Waals surface area contributed by atoms with Gasteiger partial charge in [-0.15, -0.1) is 0 Å². The van der Waals surface area contributed by atoms with Gasteiger partial charge in [0.15, 0.2) is 0 Å². The van der Waals surface area contributed by atoms with Gasteiger partial charge < -0.3 is 4.74 Å². The second-order valence-corrected chi connectivity index (χ2v) is 4.06. The molecule has 0 radical (unpaired) electrons. The third-order valence-electron chi connectivity index (χ3n) is 2.89. The maximum absolute atomic E-state index is 5.84. The average Bonchev–Trinajstić information content (AvgIpc) is 2.29. The zero-order valence-electron chi connectivity index (χ0n) is 9.58. The first-order valence-electron chi connectivity index (χ1n) is 5.92. The van der Waals surface area contributed by atoms with Crippen molar-refractivity contribution in [2.75, 3.05) is 6.61 Å². The fourth-order valence-electron chi connectivity index (χ4n) is 1.98. The van der Waals surface area contributed by atoms with Gasteiger partial charge in [0.25, 0.3) is 0 Å². The molecule has 1 fully saturated rings. The van der Waals surface area contributed by atoms with Crippen LogP contribution in [0.3, 0.4) is 0 Å². The summed E-state index contributed by atoms with van der Waals surface area (Å²) in [5.41, 5.74) is 1.21. The molecule has 0 bridgehead atoms. The van der Waals surface area contributed by atoms with Gasteiger partial charge in [-0.25, -0.2) is 0 Å². The van der Waals surface area contributed by atoms with Gasteiger partial charge in [0.05, 0.1) is 12.7 Å². The van der Waals surface area contributed by atoms with E-state index in [0.29, 0.717) is 6.10 Å². The number of ether oxygens (including phenoxy) is 1. The summed E-state index contributed by atoms with van der Waals surface area (Å²) in [6, 6.07) is 0. The van der Waals surface area contributed by atoms with Crippen molar-refractivity contribution in [1.29, 1.82) is 0 Å². The number of hydrogen-bond acceptors (Lipinski definition) is 1. The quantitative estimate of drug-likeness (QED) is 0.596. The first-order valence-corrected chi connectivity index (χ1v) is 5.92. The molecule has 0 aromatic rings. The van der Waals surface area contributed by atoms with Crippen LogP contribution in [0.15, 0.2) is 37.0 Å². The second-order valence-electron chi connectivity index (χ2n) is 4.06. The van der Waals surface area contributed by atoms with Crippen molar-refractivity contribution >= 4 is 0 Å². The van der Waals surface area contributed by atoms with Crippen molar-refractivity contribution in [3.63, 3.8) is 0 Å². The predicted molar refractivity (Wildman–Crippen MR) is 65.9 cm³/mol. The lowest BCUT2D eigenvalue weighted by Gasteiger charge is -2.22. The lowest BCUT2D eigenvalue weighted by molar-refractivity contribution is 0.0306. The maximum Gasteiger partial charge on any atom is 0.0575 e. The first kappa shape index (κ1) is 12.3. The van der Waals surface area contributed by atoms with Crippen LogP contribution in [0.1, 0.15) is 38.5 Å². The number of rotatable bonds is 6. The lowest BCUT2D eigenvalue weighted by atomic mass is 9.98. The summed E-state index contributed by atoms with van der Waals surface area (Å²) in [6.07, 6.45) is 13.7. The Bertz CT molecular complexity index is 221. The van der Waals surface area contributed by atoms with Crippen molar-refractivity contribution in [1.82, 2.24) is 0 Å². The fraction of sp³-hybridized carbons (Fsp3) is 0.571. The molecule has 1 aliphatic carbocycles. The zero-order chi connectivity index (χ0) is 10.9. The molecule has 0 N–H and O–H groups in total. The Balaban J connectivity index is 2.16. The molecular weight excluding hydrogens is 184 g/mol. The number of hydrogen-bond donors (Lipinski definition) is 0. The van der Waals surface area contributed by atoms with Gasteiger partial charge in [-0.1, -0.05) is 50.6 Å². The molecule has 0 aliphatic heterocycles. The summed E-state index contributed by atoms with van der Waals surface area (Å²) in [5.74, 6) is 0. The standard InChI is InChI=1S/C14H22O/c1-3-8-13(4-2)11-12-15-14-9-6-5-7-10-14/h3-4,8,14H,1-2,5-7,9-12H2/b13-8+. The molecule has 84 valence electrons. The summed E-state index contributed by atoms with van der Waals surface area (Å²) >= 11 is 0. The molecule has 0 heterocycles. The highest BCUT2D eigenvalue weighted by Gasteiger charge is 2.12. The van der Waals surface area contributed by atoms with E-state index < -0.39 is 0 Å². The molecule has 1 rings (SSSR count). The molecule has 0 spiro atoms. The second kappa shape index (κ2) is 7.47. The van der Waals surface area contributed by atoms with Gasteiger partial charge in [-0.05, 0) is 24.8 Å².